The number of aryl methyl sites for hydroxylation is 1. The van der Waals surface area contributed by atoms with E-state index in [4.69, 9.17) is 9.15 Å². The van der Waals surface area contributed by atoms with E-state index in [1.807, 2.05) is 0 Å². The van der Waals surface area contributed by atoms with Gasteiger partial charge < -0.3 is 14.5 Å². The number of methoxy groups -OCH3 is 1. The van der Waals surface area contributed by atoms with Gasteiger partial charge in [0.25, 0.3) is 0 Å². The number of rotatable bonds is 6. The molecule has 0 aliphatic carbocycles. The van der Waals surface area contributed by atoms with Crippen LogP contribution in [0.5, 0.6) is 0 Å². The van der Waals surface area contributed by atoms with Crippen LogP contribution in [0.2, 0.25) is 0 Å². The van der Waals surface area contributed by atoms with Gasteiger partial charge in [-0.1, -0.05) is 13.8 Å². The van der Waals surface area contributed by atoms with E-state index >= 15 is 0 Å². The molecule has 108 valence electrons. The van der Waals surface area contributed by atoms with Gasteiger partial charge in [0.1, 0.15) is 11.5 Å². The number of nitrogens with one attached hydrogen (secondary N) is 1. The topological polar surface area (TPSA) is 37.6 Å². The summed E-state index contributed by atoms with van der Waals surface area (Å²) in [6.45, 7) is 10.3. The molecule has 1 unspecified atom stereocenters. The molecule has 1 saturated heterocycles. The van der Waals surface area contributed by atoms with Crippen LogP contribution in [0.4, 0.5) is 0 Å². The molecule has 4 heteroatoms. The van der Waals surface area contributed by atoms with Crippen LogP contribution in [-0.2, 0) is 17.8 Å². The van der Waals surface area contributed by atoms with E-state index in [0.717, 1.165) is 44.1 Å². The van der Waals surface area contributed by atoms with E-state index in [0.29, 0.717) is 12.1 Å². The third-order valence-corrected chi connectivity index (χ3v) is 3.71. The maximum Gasteiger partial charge on any atom is 0.118 e. The lowest BCUT2D eigenvalue weighted by Gasteiger charge is -2.14. The van der Waals surface area contributed by atoms with Crippen molar-refractivity contribution in [3.05, 3.63) is 23.2 Å². The van der Waals surface area contributed by atoms with Crippen LogP contribution in [-0.4, -0.2) is 37.2 Å². The molecule has 1 fully saturated rings. The number of hydrogen-bond acceptors (Lipinski definition) is 4. The first-order valence-corrected chi connectivity index (χ1v) is 7.15. The van der Waals surface area contributed by atoms with Gasteiger partial charge in [0.05, 0.1) is 12.6 Å². The summed E-state index contributed by atoms with van der Waals surface area (Å²) in [7, 11) is 1.80. The molecular weight excluding hydrogens is 240 g/mol. The van der Waals surface area contributed by atoms with Gasteiger partial charge >= 0.3 is 0 Å². The minimum atomic E-state index is 0.397. The first-order valence-electron chi connectivity index (χ1n) is 7.15. The SMILES string of the molecule is COC1CCN(Cc2cc(CNC(C)C)oc2C)C1. The molecule has 0 radical (unpaired) electrons. The molecular formula is C15H26N2O2. The largest absolute Gasteiger partial charge is 0.465 e. The predicted molar refractivity (Wildman–Crippen MR) is 76.1 cm³/mol. The number of likely N-dealkylation sites (tertiary alicyclic amines) is 1. The smallest absolute Gasteiger partial charge is 0.118 e. The molecule has 0 spiro atoms. The Kier molecular flexibility index (Phi) is 5.02. The molecule has 19 heavy (non-hydrogen) atoms. The van der Waals surface area contributed by atoms with Gasteiger partial charge in [0, 0.05) is 38.3 Å². The summed E-state index contributed by atoms with van der Waals surface area (Å²) >= 11 is 0. The summed E-state index contributed by atoms with van der Waals surface area (Å²) in [5.41, 5.74) is 1.30. The summed E-state index contributed by atoms with van der Waals surface area (Å²) in [6, 6.07) is 2.67. The summed E-state index contributed by atoms with van der Waals surface area (Å²) in [5, 5.41) is 3.38. The van der Waals surface area contributed by atoms with Crippen LogP contribution in [0, 0.1) is 6.92 Å². The standard InChI is InChI=1S/C15H26N2O2/c1-11(2)16-8-15-7-13(12(3)19-15)9-17-6-5-14(10-17)18-4/h7,11,14,16H,5-6,8-10H2,1-4H3. The Labute approximate surface area is 116 Å². The summed E-state index contributed by atoms with van der Waals surface area (Å²) in [6.07, 6.45) is 1.53. The number of nitrogens with zero attached hydrogens (tertiary/aromatic N) is 1. The molecule has 0 bridgehead atoms. The van der Waals surface area contributed by atoms with Gasteiger partial charge in [0.2, 0.25) is 0 Å². The van der Waals surface area contributed by atoms with Crippen molar-refractivity contribution in [3.63, 3.8) is 0 Å². The molecule has 0 saturated carbocycles. The molecule has 1 aromatic rings. The van der Waals surface area contributed by atoms with Gasteiger partial charge in [-0.05, 0) is 19.4 Å². The van der Waals surface area contributed by atoms with E-state index in [1.54, 1.807) is 7.11 Å². The second kappa shape index (κ2) is 6.55. The zero-order chi connectivity index (χ0) is 13.8. The van der Waals surface area contributed by atoms with Crippen LogP contribution < -0.4 is 5.32 Å². The van der Waals surface area contributed by atoms with Crippen molar-refractivity contribution in [2.24, 2.45) is 0 Å². The van der Waals surface area contributed by atoms with Crippen molar-refractivity contribution in [3.8, 4) is 0 Å². The van der Waals surface area contributed by atoms with Crippen molar-refractivity contribution in [1.82, 2.24) is 10.2 Å². The molecule has 2 heterocycles. The average Bonchev–Trinajstić information content (AvgIpc) is 2.95. The number of ether oxygens (including phenoxy) is 1. The molecule has 1 aliphatic rings. The predicted octanol–water partition coefficient (Wildman–Crippen LogP) is 2.31. The van der Waals surface area contributed by atoms with E-state index in [1.165, 1.54) is 5.56 Å². The van der Waals surface area contributed by atoms with Crippen molar-refractivity contribution in [1.29, 1.82) is 0 Å². The monoisotopic (exact) mass is 266 g/mol. The Morgan fingerprint density at radius 2 is 2.32 bits per heavy atom. The first kappa shape index (κ1) is 14.6. The van der Waals surface area contributed by atoms with Gasteiger partial charge in [0.15, 0.2) is 0 Å². The average molecular weight is 266 g/mol. The highest BCUT2D eigenvalue weighted by Gasteiger charge is 2.23. The van der Waals surface area contributed by atoms with Crippen LogP contribution in [0.1, 0.15) is 37.4 Å². The van der Waals surface area contributed by atoms with Crippen LogP contribution in [0.3, 0.4) is 0 Å². The van der Waals surface area contributed by atoms with E-state index in [2.05, 4.69) is 37.1 Å². The van der Waals surface area contributed by atoms with Gasteiger partial charge in [-0.15, -0.1) is 0 Å². The zero-order valence-corrected chi connectivity index (χ0v) is 12.5. The highest BCUT2D eigenvalue weighted by molar-refractivity contribution is 5.21. The van der Waals surface area contributed by atoms with Crippen LogP contribution in [0.25, 0.3) is 0 Å². The summed E-state index contributed by atoms with van der Waals surface area (Å²) in [5.74, 6) is 2.07. The second-order valence-corrected chi connectivity index (χ2v) is 5.71. The Morgan fingerprint density at radius 1 is 1.53 bits per heavy atom. The lowest BCUT2D eigenvalue weighted by atomic mass is 10.2. The molecule has 1 N–H and O–H groups in total. The van der Waals surface area contributed by atoms with E-state index in [-0.39, 0.29) is 0 Å². The van der Waals surface area contributed by atoms with Crippen molar-refractivity contribution < 1.29 is 9.15 Å². The normalized spacial score (nSPS) is 20.6. The Hall–Kier alpha value is -0.840. The van der Waals surface area contributed by atoms with Crippen molar-refractivity contribution in [2.45, 2.75) is 52.4 Å². The lowest BCUT2D eigenvalue weighted by Crippen LogP contribution is -2.22. The van der Waals surface area contributed by atoms with Crippen LogP contribution in [0.15, 0.2) is 10.5 Å². The van der Waals surface area contributed by atoms with Crippen LogP contribution >= 0.6 is 0 Å². The molecule has 1 aliphatic heterocycles. The fourth-order valence-corrected chi connectivity index (χ4v) is 2.51. The molecule has 0 amide bonds. The molecule has 0 aromatic carbocycles. The second-order valence-electron chi connectivity index (χ2n) is 5.71. The highest BCUT2D eigenvalue weighted by Crippen LogP contribution is 2.20. The van der Waals surface area contributed by atoms with E-state index in [9.17, 15) is 0 Å². The third kappa shape index (κ3) is 4.06. The van der Waals surface area contributed by atoms with Crippen molar-refractivity contribution >= 4 is 0 Å². The number of hydrogen-bond donors (Lipinski definition) is 1. The Bertz CT molecular complexity index is 401. The quantitative estimate of drug-likeness (QED) is 0.857. The van der Waals surface area contributed by atoms with Gasteiger partial charge in [-0.25, -0.2) is 0 Å². The molecule has 1 atom stereocenters. The molecule has 2 rings (SSSR count). The Balaban J connectivity index is 1.90. The maximum absolute atomic E-state index is 5.81. The van der Waals surface area contributed by atoms with Gasteiger partial charge in [-0.3, -0.25) is 4.90 Å². The number of furan rings is 1. The minimum Gasteiger partial charge on any atom is -0.465 e. The van der Waals surface area contributed by atoms with E-state index < -0.39 is 0 Å². The van der Waals surface area contributed by atoms with Crippen molar-refractivity contribution in [2.75, 3.05) is 20.2 Å². The first-order chi connectivity index (χ1) is 9.08. The third-order valence-electron chi connectivity index (χ3n) is 3.71. The summed E-state index contributed by atoms with van der Waals surface area (Å²) in [4.78, 5) is 2.44. The Morgan fingerprint density at radius 3 is 2.95 bits per heavy atom. The fourth-order valence-electron chi connectivity index (χ4n) is 2.51. The lowest BCUT2D eigenvalue weighted by molar-refractivity contribution is 0.107. The summed E-state index contributed by atoms with van der Waals surface area (Å²) < 4.78 is 11.2. The highest BCUT2D eigenvalue weighted by atomic mass is 16.5. The fraction of sp³-hybridized carbons (Fsp3) is 0.733. The zero-order valence-electron chi connectivity index (χ0n) is 12.5. The minimum absolute atomic E-state index is 0.397. The molecule has 1 aromatic heterocycles. The van der Waals surface area contributed by atoms with Gasteiger partial charge in [-0.2, -0.15) is 0 Å². The molecule has 4 nitrogen and oxygen atoms in total. The maximum atomic E-state index is 5.81.